The molecule has 92 valence electrons. The monoisotopic (exact) mass is 242 g/mol. The van der Waals surface area contributed by atoms with Gasteiger partial charge in [-0.3, -0.25) is 4.79 Å². The topological polar surface area (TPSA) is 62.1 Å². The maximum Gasteiger partial charge on any atom is 0.251 e. The van der Waals surface area contributed by atoms with Crippen LogP contribution in [-0.2, 0) is 4.79 Å². The first-order valence-electron chi connectivity index (χ1n) is 5.65. The smallest absolute Gasteiger partial charge is 0.251 e. The van der Waals surface area contributed by atoms with E-state index in [1.165, 1.54) is 0 Å². The van der Waals surface area contributed by atoms with Crippen molar-refractivity contribution in [3.63, 3.8) is 0 Å². The molecule has 4 heteroatoms. The second-order valence-corrected chi connectivity index (χ2v) is 4.67. The van der Waals surface area contributed by atoms with E-state index in [9.17, 15) is 4.79 Å². The molecule has 0 aliphatic carbocycles. The highest BCUT2D eigenvalue weighted by atomic mass is 16.5. The first-order valence-corrected chi connectivity index (χ1v) is 5.65. The van der Waals surface area contributed by atoms with Crippen LogP contribution in [0, 0.1) is 11.3 Å². The number of hydrogen-bond acceptors (Lipinski definition) is 3. The van der Waals surface area contributed by atoms with E-state index in [0.29, 0.717) is 22.4 Å². The van der Waals surface area contributed by atoms with Crippen LogP contribution in [0.2, 0.25) is 0 Å². The van der Waals surface area contributed by atoms with Crippen molar-refractivity contribution in [2.45, 2.75) is 19.4 Å². The maximum atomic E-state index is 11.9. The minimum atomic E-state index is -0.539. The quantitative estimate of drug-likeness (QED) is 0.817. The van der Waals surface area contributed by atoms with Gasteiger partial charge in [0, 0.05) is 12.6 Å². The summed E-state index contributed by atoms with van der Waals surface area (Å²) in [6, 6.07) is 7.14. The number of carbonyl (C=O) groups is 1. The summed E-state index contributed by atoms with van der Waals surface area (Å²) in [5.41, 5.74) is 1.17. The molecule has 0 spiro atoms. The summed E-state index contributed by atoms with van der Waals surface area (Å²) in [6.07, 6.45) is 1.77. The normalized spacial score (nSPS) is 15.8. The third-order valence-corrected chi connectivity index (χ3v) is 2.74. The number of nitriles is 1. The number of carbonyl (C=O) groups excluding carboxylic acids is 1. The summed E-state index contributed by atoms with van der Waals surface area (Å²) >= 11 is 0. The van der Waals surface area contributed by atoms with Crippen molar-refractivity contribution < 1.29 is 9.53 Å². The number of benzene rings is 1. The second kappa shape index (κ2) is 4.19. The minimum Gasteiger partial charge on any atom is -0.483 e. The standard InChI is InChI=1S/C14H14N2O2/c1-14(2)7-11(13(17)16-3)10-6-9(8-15)4-5-12(10)18-14/h4-7H,1-3H3,(H,16,17). The van der Waals surface area contributed by atoms with Crippen LogP contribution in [0.3, 0.4) is 0 Å². The van der Waals surface area contributed by atoms with Crippen LogP contribution in [-0.4, -0.2) is 18.6 Å². The van der Waals surface area contributed by atoms with Crippen LogP contribution in [0.15, 0.2) is 24.3 Å². The summed E-state index contributed by atoms with van der Waals surface area (Å²) in [4.78, 5) is 11.9. The molecule has 1 aromatic carbocycles. The Morgan fingerprint density at radius 3 is 2.78 bits per heavy atom. The average molecular weight is 242 g/mol. The molecule has 1 heterocycles. The molecule has 4 nitrogen and oxygen atoms in total. The van der Waals surface area contributed by atoms with Crippen molar-refractivity contribution >= 4 is 11.5 Å². The Labute approximate surface area is 106 Å². The Hall–Kier alpha value is -2.28. The van der Waals surface area contributed by atoms with E-state index in [4.69, 9.17) is 10.00 Å². The lowest BCUT2D eigenvalue weighted by atomic mass is 9.93. The number of hydrogen-bond donors (Lipinski definition) is 1. The van der Waals surface area contributed by atoms with Crippen molar-refractivity contribution in [1.29, 1.82) is 5.26 Å². The summed E-state index contributed by atoms with van der Waals surface area (Å²) in [5.74, 6) is 0.447. The Morgan fingerprint density at radius 2 is 2.17 bits per heavy atom. The first-order chi connectivity index (χ1) is 8.46. The zero-order valence-corrected chi connectivity index (χ0v) is 10.6. The van der Waals surface area contributed by atoms with Gasteiger partial charge in [0.2, 0.25) is 0 Å². The molecule has 0 saturated heterocycles. The van der Waals surface area contributed by atoms with Crippen LogP contribution >= 0.6 is 0 Å². The highest BCUT2D eigenvalue weighted by molar-refractivity contribution is 6.20. The van der Waals surface area contributed by atoms with Gasteiger partial charge >= 0.3 is 0 Å². The lowest BCUT2D eigenvalue weighted by Crippen LogP contribution is -2.32. The zero-order valence-electron chi connectivity index (χ0n) is 10.6. The third-order valence-electron chi connectivity index (χ3n) is 2.74. The minimum absolute atomic E-state index is 0.178. The lowest BCUT2D eigenvalue weighted by molar-refractivity contribution is -0.115. The molecule has 1 aliphatic heterocycles. The largest absolute Gasteiger partial charge is 0.483 e. The number of amides is 1. The van der Waals surface area contributed by atoms with Gasteiger partial charge in [0.1, 0.15) is 11.4 Å². The van der Waals surface area contributed by atoms with Gasteiger partial charge in [-0.15, -0.1) is 0 Å². The van der Waals surface area contributed by atoms with Gasteiger partial charge in [-0.25, -0.2) is 0 Å². The fourth-order valence-electron chi connectivity index (χ4n) is 1.96. The fourth-order valence-corrected chi connectivity index (χ4v) is 1.96. The number of nitrogens with one attached hydrogen (secondary N) is 1. The number of likely N-dealkylation sites (N-methyl/N-ethyl adjacent to an activating group) is 1. The number of ether oxygens (including phenoxy) is 1. The van der Waals surface area contributed by atoms with Crippen molar-refractivity contribution in [2.75, 3.05) is 7.05 Å². The van der Waals surface area contributed by atoms with E-state index in [-0.39, 0.29) is 5.91 Å². The fraction of sp³-hybridized carbons (Fsp3) is 0.286. The highest BCUT2D eigenvalue weighted by Crippen LogP contribution is 2.36. The molecule has 1 aromatic rings. The van der Waals surface area contributed by atoms with Crippen LogP contribution in [0.25, 0.3) is 5.57 Å². The Morgan fingerprint density at radius 1 is 1.44 bits per heavy atom. The van der Waals surface area contributed by atoms with E-state index < -0.39 is 5.60 Å². The molecule has 1 N–H and O–H groups in total. The molecule has 0 radical (unpaired) electrons. The molecule has 0 fully saturated rings. The third kappa shape index (κ3) is 2.07. The predicted octanol–water partition coefficient (Wildman–Crippen LogP) is 1.86. The molecule has 0 aromatic heterocycles. The predicted molar refractivity (Wildman–Crippen MR) is 67.9 cm³/mol. The summed E-state index contributed by atoms with van der Waals surface area (Å²) in [5, 5.41) is 11.5. The van der Waals surface area contributed by atoms with Gasteiger partial charge in [-0.05, 0) is 38.1 Å². The molecule has 0 atom stereocenters. The van der Waals surface area contributed by atoms with Gasteiger partial charge in [0.25, 0.3) is 5.91 Å². The highest BCUT2D eigenvalue weighted by Gasteiger charge is 2.29. The lowest BCUT2D eigenvalue weighted by Gasteiger charge is -2.30. The van der Waals surface area contributed by atoms with E-state index >= 15 is 0 Å². The Bertz CT molecular complexity index is 580. The van der Waals surface area contributed by atoms with Gasteiger partial charge in [-0.1, -0.05) is 0 Å². The van der Waals surface area contributed by atoms with Crippen LogP contribution in [0.4, 0.5) is 0 Å². The average Bonchev–Trinajstić information content (AvgIpc) is 2.35. The molecule has 2 rings (SSSR count). The van der Waals surface area contributed by atoms with Crippen LogP contribution in [0.5, 0.6) is 5.75 Å². The van der Waals surface area contributed by atoms with E-state index in [1.54, 1.807) is 31.3 Å². The van der Waals surface area contributed by atoms with E-state index in [0.717, 1.165) is 0 Å². The van der Waals surface area contributed by atoms with Crippen molar-refractivity contribution in [2.24, 2.45) is 0 Å². The van der Waals surface area contributed by atoms with Crippen molar-refractivity contribution in [1.82, 2.24) is 5.32 Å². The number of fused-ring (bicyclic) bond motifs is 1. The SMILES string of the molecule is CNC(=O)C1=CC(C)(C)Oc2ccc(C#N)cc21. The van der Waals surface area contributed by atoms with Gasteiger partial charge in [0.05, 0.1) is 17.2 Å². The van der Waals surface area contributed by atoms with Crippen LogP contribution in [0.1, 0.15) is 25.0 Å². The molecule has 1 aliphatic rings. The molecule has 0 saturated carbocycles. The van der Waals surface area contributed by atoms with Gasteiger partial charge in [-0.2, -0.15) is 5.26 Å². The van der Waals surface area contributed by atoms with E-state index in [1.807, 2.05) is 13.8 Å². The van der Waals surface area contributed by atoms with Gasteiger partial charge < -0.3 is 10.1 Å². The second-order valence-electron chi connectivity index (χ2n) is 4.67. The van der Waals surface area contributed by atoms with Crippen LogP contribution < -0.4 is 10.1 Å². The molecule has 0 bridgehead atoms. The number of nitrogens with zero attached hydrogens (tertiary/aromatic N) is 1. The molecule has 18 heavy (non-hydrogen) atoms. The summed E-state index contributed by atoms with van der Waals surface area (Å²) in [7, 11) is 1.58. The zero-order chi connectivity index (χ0) is 13.3. The Balaban J connectivity index is 2.61. The molecular formula is C14H14N2O2. The van der Waals surface area contributed by atoms with Gasteiger partial charge in [0.15, 0.2) is 0 Å². The Kier molecular flexibility index (Phi) is 2.84. The van der Waals surface area contributed by atoms with Crippen molar-refractivity contribution in [3.8, 4) is 11.8 Å². The maximum absolute atomic E-state index is 11.9. The summed E-state index contributed by atoms with van der Waals surface area (Å²) in [6.45, 7) is 3.77. The van der Waals surface area contributed by atoms with Crippen molar-refractivity contribution in [3.05, 3.63) is 35.4 Å². The molecular weight excluding hydrogens is 228 g/mol. The molecule has 1 amide bonds. The van der Waals surface area contributed by atoms with E-state index in [2.05, 4.69) is 11.4 Å². The summed E-state index contributed by atoms with van der Waals surface area (Å²) < 4.78 is 5.78. The number of rotatable bonds is 1. The molecule has 0 unspecified atom stereocenters. The first kappa shape index (κ1) is 12.2.